The van der Waals surface area contributed by atoms with E-state index in [0.717, 1.165) is 14.9 Å². The van der Waals surface area contributed by atoms with E-state index >= 15 is 0 Å². The van der Waals surface area contributed by atoms with E-state index in [1.54, 1.807) is 7.11 Å². The predicted octanol–water partition coefficient (Wildman–Crippen LogP) is -0.717. The van der Waals surface area contributed by atoms with Crippen molar-refractivity contribution in [1.82, 2.24) is 0 Å². The van der Waals surface area contributed by atoms with Gasteiger partial charge in [0.15, 0.2) is 0 Å². The smallest absolute Gasteiger partial charge is 0.123 e. The largest absolute Gasteiger partial charge is 0.496 e. The fraction of sp³-hybridized carbons (Fsp3) is 0.500. The number of rotatable bonds is 0. The Kier molecular flexibility index (Phi) is 2.40. The van der Waals surface area contributed by atoms with Crippen molar-refractivity contribution in [3.8, 4) is 0 Å². The molecule has 0 amide bonds. The first-order valence-electron chi connectivity index (χ1n) is 1.32. The van der Waals surface area contributed by atoms with E-state index in [0.29, 0.717) is 0 Å². The number of ether oxygens (including phenoxy) is 1. The molecule has 0 aliphatic heterocycles. The lowest BCUT2D eigenvalue weighted by Gasteiger charge is -1.85. The van der Waals surface area contributed by atoms with Crippen molar-refractivity contribution in [3.05, 3.63) is 0 Å². The first-order chi connectivity index (χ1) is 2.27. The molecular formula is C2H6OSSi. The topological polar surface area (TPSA) is 9.23 Å². The zero-order chi connectivity index (χ0) is 4.28. The monoisotopic (exact) mass is 106 g/mol. The fourth-order valence-electron chi connectivity index (χ4n) is 0. The molecule has 0 atom stereocenters. The summed E-state index contributed by atoms with van der Waals surface area (Å²) in [5.41, 5.74) is 0. The Morgan fingerprint density at radius 2 is 2.20 bits per heavy atom. The lowest BCUT2D eigenvalue weighted by atomic mass is 11.5. The van der Waals surface area contributed by atoms with Gasteiger partial charge in [-0.05, 0) is 0 Å². The number of hydrogen-bond acceptors (Lipinski definition) is 2. The van der Waals surface area contributed by atoms with Gasteiger partial charge >= 0.3 is 0 Å². The van der Waals surface area contributed by atoms with Gasteiger partial charge in [-0.15, -0.1) is 0 Å². The molecule has 0 aliphatic rings. The third kappa shape index (κ3) is 4.11. The molecule has 0 fully saturated rings. The van der Waals surface area contributed by atoms with Gasteiger partial charge < -0.3 is 4.74 Å². The second kappa shape index (κ2) is 2.35. The van der Waals surface area contributed by atoms with Gasteiger partial charge in [0.05, 0.1) is 17.4 Å². The van der Waals surface area contributed by atoms with Crippen LogP contribution in [0.4, 0.5) is 0 Å². The van der Waals surface area contributed by atoms with Gasteiger partial charge in [-0.25, -0.2) is 0 Å². The normalized spacial score (nSPS) is 7.40. The van der Waals surface area contributed by atoms with E-state index in [-0.39, 0.29) is 0 Å². The summed E-state index contributed by atoms with van der Waals surface area (Å²) in [5.74, 6) is 0. The third-order valence-corrected chi connectivity index (χ3v) is 0.862. The lowest BCUT2D eigenvalue weighted by Crippen LogP contribution is -1.92. The minimum absolute atomic E-state index is 0.727. The minimum atomic E-state index is 0.727. The Morgan fingerprint density at radius 1 is 2.00 bits per heavy atom. The molecule has 0 aliphatic carbocycles. The first kappa shape index (κ1) is 5.11. The van der Waals surface area contributed by atoms with Crippen molar-refractivity contribution in [2.75, 3.05) is 7.11 Å². The molecule has 0 aromatic heterocycles. The van der Waals surface area contributed by atoms with Gasteiger partial charge in [-0.1, -0.05) is 12.2 Å². The highest BCUT2D eigenvalue weighted by Gasteiger charge is 1.69. The molecule has 1 nitrogen and oxygen atoms in total. The molecule has 0 N–H and O–H groups in total. The molecule has 0 rings (SSSR count). The van der Waals surface area contributed by atoms with Gasteiger partial charge in [-0.2, -0.15) is 0 Å². The zero-order valence-electron chi connectivity index (χ0n) is 3.32. The maximum atomic E-state index is 4.54. The summed E-state index contributed by atoms with van der Waals surface area (Å²) >= 11 is 4.54. The van der Waals surface area contributed by atoms with Crippen LogP contribution in [0.5, 0.6) is 0 Å². The van der Waals surface area contributed by atoms with E-state index in [4.69, 9.17) is 0 Å². The van der Waals surface area contributed by atoms with Crippen LogP contribution >= 0.6 is 12.2 Å². The number of methoxy groups -OCH3 is 1. The van der Waals surface area contributed by atoms with Gasteiger partial charge in [0.25, 0.3) is 0 Å². The second-order valence-electron chi connectivity index (χ2n) is 0.696. The highest BCUT2D eigenvalue weighted by molar-refractivity contribution is 7.82. The van der Waals surface area contributed by atoms with Crippen LogP contribution in [0.15, 0.2) is 0 Å². The average Bonchev–Trinajstić information content (AvgIpc) is 1.38. The van der Waals surface area contributed by atoms with Crippen molar-refractivity contribution in [2.45, 2.75) is 0 Å². The van der Waals surface area contributed by atoms with Crippen LogP contribution in [0.1, 0.15) is 0 Å². The highest BCUT2D eigenvalue weighted by Crippen LogP contribution is 1.62. The maximum Gasteiger partial charge on any atom is 0.123 e. The van der Waals surface area contributed by atoms with Crippen LogP contribution in [0.3, 0.4) is 0 Å². The molecule has 0 spiro atoms. The Morgan fingerprint density at radius 3 is 2.20 bits per heavy atom. The molecule has 30 valence electrons. The summed E-state index contributed by atoms with van der Waals surface area (Å²) < 4.78 is 5.27. The molecule has 0 radical (unpaired) electrons. The Bertz CT molecular complexity index is 44.9. The lowest BCUT2D eigenvalue weighted by molar-refractivity contribution is 0.425. The molecule has 0 unspecified atom stereocenters. The van der Waals surface area contributed by atoms with Crippen LogP contribution in [0, 0.1) is 0 Å². The molecule has 5 heavy (non-hydrogen) atoms. The average molecular weight is 106 g/mol. The van der Waals surface area contributed by atoms with Gasteiger partial charge in [-0.3, -0.25) is 0 Å². The first-order valence-corrected chi connectivity index (χ1v) is 2.72. The fourth-order valence-corrected chi connectivity index (χ4v) is 0. The molecular weight excluding hydrogens is 100 g/mol. The van der Waals surface area contributed by atoms with Crippen LogP contribution < -0.4 is 0 Å². The number of thiocarbonyl (C=S) groups is 1. The summed E-state index contributed by atoms with van der Waals surface area (Å²) in [6, 6.07) is 0. The van der Waals surface area contributed by atoms with E-state index in [2.05, 4.69) is 17.0 Å². The summed E-state index contributed by atoms with van der Waals surface area (Å²) in [6.45, 7) is 0. The molecule has 3 heteroatoms. The van der Waals surface area contributed by atoms with Crippen LogP contribution in [-0.4, -0.2) is 22.0 Å². The van der Waals surface area contributed by atoms with E-state index in [1.165, 1.54) is 0 Å². The van der Waals surface area contributed by atoms with Gasteiger partial charge in [0.1, 0.15) is 4.67 Å². The summed E-state index contributed by atoms with van der Waals surface area (Å²) in [6.07, 6.45) is 0. The van der Waals surface area contributed by atoms with Gasteiger partial charge in [0, 0.05) is 0 Å². The van der Waals surface area contributed by atoms with Gasteiger partial charge in [0.2, 0.25) is 0 Å². The molecule has 0 heterocycles. The van der Waals surface area contributed by atoms with Crippen LogP contribution in [-0.2, 0) is 4.74 Å². The molecule has 0 aromatic rings. The summed E-state index contributed by atoms with van der Waals surface area (Å²) in [4.78, 5) is 0. The number of hydrogen-bond donors (Lipinski definition) is 0. The zero-order valence-corrected chi connectivity index (χ0v) is 6.13. The second-order valence-corrected chi connectivity index (χ2v) is 2.90. The standard InChI is InChI=1S/C2H6OSSi/c1-3-2(4)5/h1,5H3. The quantitative estimate of drug-likeness (QED) is 0.298. The summed E-state index contributed by atoms with van der Waals surface area (Å²) in [5, 5.41) is 0. The van der Waals surface area contributed by atoms with Crippen molar-refractivity contribution in [2.24, 2.45) is 0 Å². The molecule has 0 saturated carbocycles. The predicted molar refractivity (Wildman–Crippen MR) is 29.5 cm³/mol. The highest BCUT2D eigenvalue weighted by atomic mass is 32.1. The minimum Gasteiger partial charge on any atom is -0.496 e. The Balaban J connectivity index is 2.85. The SMILES string of the molecule is COC([SiH3])=S. The molecule has 0 bridgehead atoms. The van der Waals surface area contributed by atoms with Crippen molar-refractivity contribution >= 4 is 27.1 Å². The van der Waals surface area contributed by atoms with E-state index < -0.39 is 0 Å². The van der Waals surface area contributed by atoms with Crippen molar-refractivity contribution in [3.63, 3.8) is 0 Å². The van der Waals surface area contributed by atoms with E-state index in [9.17, 15) is 0 Å². The molecule has 0 saturated heterocycles. The van der Waals surface area contributed by atoms with E-state index in [1.807, 2.05) is 0 Å². The van der Waals surface area contributed by atoms with Crippen LogP contribution in [0.2, 0.25) is 0 Å². The molecule has 0 aromatic carbocycles. The van der Waals surface area contributed by atoms with Crippen molar-refractivity contribution in [1.29, 1.82) is 0 Å². The van der Waals surface area contributed by atoms with Crippen LogP contribution in [0.25, 0.3) is 0 Å². The third-order valence-electron chi connectivity index (χ3n) is 0.287. The Labute approximate surface area is 39.7 Å². The maximum absolute atomic E-state index is 4.54. The Hall–Kier alpha value is 0.107. The van der Waals surface area contributed by atoms with Crippen molar-refractivity contribution < 1.29 is 4.74 Å². The summed E-state index contributed by atoms with van der Waals surface area (Å²) in [7, 11) is 2.47.